The van der Waals surface area contributed by atoms with E-state index in [1.54, 1.807) is 0 Å². The number of benzene rings is 2. The van der Waals surface area contributed by atoms with E-state index in [9.17, 15) is 0 Å². The lowest BCUT2D eigenvalue weighted by molar-refractivity contribution is 0.317. The second kappa shape index (κ2) is 7.48. The fourth-order valence-corrected chi connectivity index (χ4v) is 2.62. The van der Waals surface area contributed by atoms with Crippen molar-refractivity contribution in [2.75, 3.05) is 6.61 Å². The molecule has 0 radical (unpaired) electrons. The number of halogens is 1. The predicted octanol–water partition coefficient (Wildman–Crippen LogP) is 5.05. The highest BCUT2D eigenvalue weighted by Crippen LogP contribution is 2.30. The summed E-state index contributed by atoms with van der Waals surface area (Å²) in [6, 6.07) is 13.4. The van der Waals surface area contributed by atoms with Gasteiger partial charge in [0.15, 0.2) is 0 Å². The zero-order chi connectivity index (χ0) is 15.2. The summed E-state index contributed by atoms with van der Waals surface area (Å²) in [6.07, 6.45) is 0.998. The van der Waals surface area contributed by atoms with Gasteiger partial charge in [-0.1, -0.05) is 28.9 Å². The van der Waals surface area contributed by atoms with Gasteiger partial charge in [-0.3, -0.25) is 0 Å². The molecule has 1 unspecified atom stereocenters. The van der Waals surface area contributed by atoms with E-state index < -0.39 is 0 Å². The number of nitrogens with two attached hydrogens (primary N) is 1. The van der Waals surface area contributed by atoms with Gasteiger partial charge in [0.1, 0.15) is 17.2 Å². The Morgan fingerprint density at radius 3 is 2.24 bits per heavy atom. The number of hydrogen-bond donors (Lipinski definition) is 1. The topological polar surface area (TPSA) is 44.5 Å². The second-order valence-corrected chi connectivity index (χ2v) is 5.75. The van der Waals surface area contributed by atoms with Gasteiger partial charge < -0.3 is 15.2 Å². The van der Waals surface area contributed by atoms with Crippen molar-refractivity contribution < 1.29 is 9.47 Å². The van der Waals surface area contributed by atoms with E-state index in [1.165, 1.54) is 0 Å². The Bertz CT molecular complexity index is 582. The molecule has 0 spiro atoms. The SMILES string of the molecule is CCCOc1ccc(Oc2ccc(C(C)N)c(Br)c2)cc1. The van der Waals surface area contributed by atoms with Crippen molar-refractivity contribution in [1.29, 1.82) is 0 Å². The summed E-state index contributed by atoms with van der Waals surface area (Å²) in [5.74, 6) is 2.41. The second-order valence-electron chi connectivity index (χ2n) is 4.89. The fraction of sp³-hybridized carbons (Fsp3) is 0.294. The first-order chi connectivity index (χ1) is 10.1. The van der Waals surface area contributed by atoms with Gasteiger partial charge >= 0.3 is 0 Å². The lowest BCUT2D eigenvalue weighted by atomic mass is 10.1. The first kappa shape index (κ1) is 15.9. The summed E-state index contributed by atoms with van der Waals surface area (Å²) in [5.41, 5.74) is 6.95. The minimum absolute atomic E-state index is 0.0107. The first-order valence-corrected chi connectivity index (χ1v) is 7.85. The Balaban J connectivity index is 2.06. The van der Waals surface area contributed by atoms with Gasteiger partial charge in [-0.2, -0.15) is 0 Å². The molecule has 21 heavy (non-hydrogen) atoms. The van der Waals surface area contributed by atoms with Crippen LogP contribution in [0, 0.1) is 0 Å². The van der Waals surface area contributed by atoms with Crippen LogP contribution in [0.5, 0.6) is 17.2 Å². The summed E-state index contributed by atoms with van der Waals surface area (Å²) >= 11 is 3.52. The van der Waals surface area contributed by atoms with Gasteiger partial charge in [-0.25, -0.2) is 0 Å². The molecule has 112 valence electrons. The molecule has 0 heterocycles. The molecule has 2 rings (SSSR count). The zero-order valence-corrected chi connectivity index (χ0v) is 13.9. The molecule has 0 aliphatic carbocycles. The first-order valence-electron chi connectivity index (χ1n) is 7.06. The molecule has 0 amide bonds. The lowest BCUT2D eigenvalue weighted by Crippen LogP contribution is -2.05. The minimum atomic E-state index is -0.0107. The summed E-state index contributed by atoms with van der Waals surface area (Å²) in [4.78, 5) is 0. The highest BCUT2D eigenvalue weighted by atomic mass is 79.9. The molecule has 0 fully saturated rings. The Hall–Kier alpha value is -1.52. The molecule has 0 saturated carbocycles. The average Bonchev–Trinajstić information content (AvgIpc) is 2.46. The molecular weight excluding hydrogens is 330 g/mol. The number of ether oxygens (including phenoxy) is 2. The Kier molecular flexibility index (Phi) is 5.65. The van der Waals surface area contributed by atoms with Gasteiger partial charge in [-0.15, -0.1) is 0 Å². The molecule has 0 saturated heterocycles. The van der Waals surface area contributed by atoms with E-state index in [0.29, 0.717) is 0 Å². The van der Waals surface area contributed by atoms with Crippen molar-refractivity contribution in [1.82, 2.24) is 0 Å². The molecule has 1 atom stereocenters. The monoisotopic (exact) mass is 349 g/mol. The van der Waals surface area contributed by atoms with Crippen LogP contribution in [0.15, 0.2) is 46.9 Å². The van der Waals surface area contributed by atoms with Crippen LogP contribution in [0.3, 0.4) is 0 Å². The summed E-state index contributed by atoms with van der Waals surface area (Å²) in [5, 5.41) is 0. The van der Waals surface area contributed by atoms with Crippen molar-refractivity contribution in [3.63, 3.8) is 0 Å². The van der Waals surface area contributed by atoms with Gasteiger partial charge in [0.25, 0.3) is 0 Å². The van der Waals surface area contributed by atoms with E-state index in [0.717, 1.165) is 40.3 Å². The summed E-state index contributed by atoms with van der Waals surface area (Å²) in [7, 11) is 0. The van der Waals surface area contributed by atoms with E-state index in [4.69, 9.17) is 15.2 Å². The van der Waals surface area contributed by atoms with Crippen LogP contribution in [0.1, 0.15) is 31.9 Å². The maximum absolute atomic E-state index is 5.89. The molecule has 2 aromatic rings. The maximum atomic E-state index is 5.89. The minimum Gasteiger partial charge on any atom is -0.494 e. The smallest absolute Gasteiger partial charge is 0.128 e. The van der Waals surface area contributed by atoms with Gasteiger partial charge in [0, 0.05) is 10.5 Å². The third-order valence-electron chi connectivity index (χ3n) is 2.99. The van der Waals surface area contributed by atoms with Crippen molar-refractivity contribution in [2.24, 2.45) is 5.73 Å². The van der Waals surface area contributed by atoms with Crippen LogP contribution in [-0.2, 0) is 0 Å². The van der Waals surface area contributed by atoms with Crippen molar-refractivity contribution in [2.45, 2.75) is 26.3 Å². The standard InChI is InChI=1S/C17H20BrNO2/c1-3-10-20-13-4-6-14(7-5-13)21-15-8-9-16(12(2)19)17(18)11-15/h4-9,11-12H,3,10,19H2,1-2H3. The molecule has 3 nitrogen and oxygen atoms in total. The molecule has 0 bridgehead atoms. The molecule has 2 N–H and O–H groups in total. The van der Waals surface area contributed by atoms with Crippen molar-refractivity contribution in [3.05, 3.63) is 52.5 Å². The molecule has 0 aromatic heterocycles. The van der Waals surface area contributed by atoms with Crippen molar-refractivity contribution >= 4 is 15.9 Å². The Morgan fingerprint density at radius 1 is 1.05 bits per heavy atom. The normalized spacial score (nSPS) is 12.0. The van der Waals surface area contributed by atoms with Gasteiger partial charge in [-0.05, 0) is 55.3 Å². The highest BCUT2D eigenvalue weighted by molar-refractivity contribution is 9.10. The molecule has 0 aliphatic heterocycles. The van der Waals surface area contributed by atoms with Crippen LogP contribution in [0.4, 0.5) is 0 Å². The number of rotatable bonds is 6. The predicted molar refractivity (Wildman–Crippen MR) is 89.0 cm³/mol. The molecule has 0 aliphatic rings. The number of hydrogen-bond acceptors (Lipinski definition) is 3. The maximum Gasteiger partial charge on any atom is 0.128 e. The van der Waals surface area contributed by atoms with Crippen LogP contribution < -0.4 is 15.2 Å². The lowest BCUT2D eigenvalue weighted by Gasteiger charge is -2.11. The van der Waals surface area contributed by atoms with Crippen LogP contribution >= 0.6 is 15.9 Å². The van der Waals surface area contributed by atoms with Crippen LogP contribution in [0.2, 0.25) is 0 Å². The molecular formula is C17H20BrNO2. The average molecular weight is 350 g/mol. The molecule has 4 heteroatoms. The van der Waals surface area contributed by atoms with E-state index in [1.807, 2.05) is 49.4 Å². The van der Waals surface area contributed by atoms with Crippen LogP contribution in [0.25, 0.3) is 0 Å². The third-order valence-corrected chi connectivity index (χ3v) is 3.68. The third kappa shape index (κ3) is 4.48. The van der Waals surface area contributed by atoms with E-state index in [2.05, 4.69) is 22.9 Å². The van der Waals surface area contributed by atoms with Crippen molar-refractivity contribution in [3.8, 4) is 17.2 Å². The summed E-state index contributed by atoms with van der Waals surface area (Å²) < 4.78 is 12.3. The molecule has 2 aromatic carbocycles. The van der Waals surface area contributed by atoms with Crippen LogP contribution in [-0.4, -0.2) is 6.61 Å². The largest absolute Gasteiger partial charge is 0.494 e. The Morgan fingerprint density at radius 2 is 1.67 bits per heavy atom. The van der Waals surface area contributed by atoms with Gasteiger partial charge in [0.05, 0.1) is 6.61 Å². The quantitative estimate of drug-likeness (QED) is 0.793. The Labute approximate surface area is 134 Å². The van der Waals surface area contributed by atoms with Gasteiger partial charge in [0.2, 0.25) is 0 Å². The fourth-order valence-electron chi connectivity index (χ4n) is 1.90. The zero-order valence-electron chi connectivity index (χ0n) is 12.3. The summed E-state index contributed by atoms with van der Waals surface area (Å²) in [6.45, 7) is 4.77. The highest BCUT2D eigenvalue weighted by Gasteiger charge is 2.07. The van der Waals surface area contributed by atoms with E-state index >= 15 is 0 Å². The van der Waals surface area contributed by atoms with E-state index in [-0.39, 0.29) is 6.04 Å².